The Balaban J connectivity index is 1.69. The number of rotatable bonds is 6. The van der Waals surface area contributed by atoms with E-state index in [4.69, 9.17) is 17.0 Å². The van der Waals surface area contributed by atoms with Gasteiger partial charge in [-0.2, -0.15) is 0 Å². The zero-order valence-corrected chi connectivity index (χ0v) is 13.1. The molecule has 0 aliphatic carbocycles. The van der Waals surface area contributed by atoms with E-state index < -0.39 is 0 Å². The van der Waals surface area contributed by atoms with Crippen LogP contribution in [0.15, 0.2) is 24.3 Å². The molecule has 0 atom stereocenters. The Morgan fingerprint density at radius 2 is 2.32 bits per heavy atom. The molecule has 1 aliphatic rings. The summed E-state index contributed by atoms with van der Waals surface area (Å²) in [5, 5.41) is 0. The lowest BCUT2D eigenvalue weighted by molar-refractivity contribution is 0.192. The summed E-state index contributed by atoms with van der Waals surface area (Å²) in [6.07, 6.45) is 0. The van der Waals surface area contributed by atoms with Gasteiger partial charge >= 0.3 is 0 Å². The van der Waals surface area contributed by atoms with Gasteiger partial charge in [0.05, 0.1) is 6.67 Å². The van der Waals surface area contributed by atoms with Gasteiger partial charge in [-0.25, -0.2) is 0 Å². The zero-order valence-electron chi connectivity index (χ0n) is 11.5. The lowest BCUT2D eigenvalue weighted by Gasteiger charge is -2.24. The largest absolute Gasteiger partial charge is 0.492 e. The summed E-state index contributed by atoms with van der Waals surface area (Å²) >= 11 is 7.06. The number of likely N-dealkylation sites (N-methyl/N-ethyl adjacent to an activating group) is 1. The first-order chi connectivity index (χ1) is 9.15. The fourth-order valence-corrected chi connectivity index (χ4v) is 3.16. The van der Waals surface area contributed by atoms with Crippen molar-refractivity contribution < 1.29 is 4.74 Å². The van der Waals surface area contributed by atoms with Crippen molar-refractivity contribution in [2.24, 2.45) is 0 Å². The molecule has 5 heteroatoms. The van der Waals surface area contributed by atoms with Crippen molar-refractivity contribution in [1.29, 1.82) is 0 Å². The van der Waals surface area contributed by atoms with Gasteiger partial charge in [0.25, 0.3) is 0 Å². The molecule has 104 valence electrons. The minimum Gasteiger partial charge on any atom is -0.492 e. The van der Waals surface area contributed by atoms with Crippen molar-refractivity contribution in [2.75, 3.05) is 39.2 Å². The van der Waals surface area contributed by atoms with E-state index in [0.717, 1.165) is 35.6 Å². The van der Waals surface area contributed by atoms with Crippen molar-refractivity contribution >= 4 is 28.3 Å². The second kappa shape index (κ2) is 7.12. The number of hydrogen-bond donors (Lipinski definition) is 0. The Kier molecular flexibility index (Phi) is 5.48. The van der Waals surface area contributed by atoms with Crippen molar-refractivity contribution in [2.45, 2.75) is 6.92 Å². The van der Waals surface area contributed by atoms with E-state index in [1.165, 1.54) is 5.56 Å². The molecule has 1 saturated heterocycles. The zero-order chi connectivity index (χ0) is 13.7. The van der Waals surface area contributed by atoms with Gasteiger partial charge in [0, 0.05) is 18.8 Å². The second-order valence-corrected chi connectivity index (χ2v) is 6.49. The smallest absolute Gasteiger partial charge is 0.137 e. The maximum absolute atomic E-state index is 5.75. The normalized spacial score (nSPS) is 15.3. The molecule has 19 heavy (non-hydrogen) atoms. The van der Waals surface area contributed by atoms with Crippen LogP contribution in [0.5, 0.6) is 5.75 Å². The standard InChI is InChI=1S/C14H20N2OS2/c1-12-4-3-5-13(10-12)17-8-6-15(2)11-16-7-9-19-14(16)18/h3-5,10H,6-9,11H2,1-2H3. The molecule has 1 aromatic rings. The number of aryl methyl sites for hydroxylation is 1. The first kappa shape index (κ1) is 14.6. The Morgan fingerprint density at radius 1 is 1.47 bits per heavy atom. The summed E-state index contributed by atoms with van der Waals surface area (Å²) < 4.78 is 6.77. The molecule has 2 rings (SSSR count). The maximum atomic E-state index is 5.75. The van der Waals surface area contributed by atoms with Gasteiger partial charge in [-0.05, 0) is 31.7 Å². The van der Waals surface area contributed by atoms with Gasteiger partial charge in [-0.1, -0.05) is 36.1 Å². The van der Waals surface area contributed by atoms with Gasteiger partial charge in [0.2, 0.25) is 0 Å². The number of thioether (sulfide) groups is 1. The van der Waals surface area contributed by atoms with E-state index in [9.17, 15) is 0 Å². The number of thiocarbonyl (C=S) groups is 1. The highest BCUT2D eigenvalue weighted by atomic mass is 32.2. The molecule has 0 bridgehead atoms. The lowest BCUT2D eigenvalue weighted by Crippen LogP contribution is -2.37. The molecule has 0 spiro atoms. The molecule has 1 aromatic carbocycles. The quantitative estimate of drug-likeness (QED) is 0.748. The van der Waals surface area contributed by atoms with Crippen LogP contribution < -0.4 is 4.74 Å². The highest BCUT2D eigenvalue weighted by Gasteiger charge is 2.18. The number of ether oxygens (including phenoxy) is 1. The van der Waals surface area contributed by atoms with Crippen LogP contribution in [0.25, 0.3) is 0 Å². The first-order valence-electron chi connectivity index (χ1n) is 6.45. The van der Waals surface area contributed by atoms with E-state index in [1.54, 1.807) is 11.8 Å². The van der Waals surface area contributed by atoms with Gasteiger partial charge in [-0.15, -0.1) is 0 Å². The van der Waals surface area contributed by atoms with Crippen molar-refractivity contribution in [3.05, 3.63) is 29.8 Å². The summed E-state index contributed by atoms with van der Waals surface area (Å²) in [4.78, 5) is 4.49. The molecule has 0 unspecified atom stereocenters. The third-order valence-electron chi connectivity index (χ3n) is 2.99. The Hall–Kier alpha value is -0.780. The van der Waals surface area contributed by atoms with Gasteiger partial charge < -0.3 is 9.64 Å². The molecule has 0 aromatic heterocycles. The molecule has 0 radical (unpaired) electrons. The molecule has 1 heterocycles. The van der Waals surface area contributed by atoms with Crippen molar-refractivity contribution in [1.82, 2.24) is 9.80 Å². The SMILES string of the molecule is Cc1cccc(OCCN(C)CN2CCSC2=S)c1. The van der Waals surface area contributed by atoms with Gasteiger partial charge in [0.15, 0.2) is 0 Å². The summed E-state index contributed by atoms with van der Waals surface area (Å²) in [5.41, 5.74) is 1.23. The van der Waals surface area contributed by atoms with Crippen LogP contribution >= 0.6 is 24.0 Å². The third-order valence-corrected chi connectivity index (χ3v) is 4.49. The van der Waals surface area contributed by atoms with Crippen molar-refractivity contribution in [3.63, 3.8) is 0 Å². The van der Waals surface area contributed by atoms with Gasteiger partial charge in [0.1, 0.15) is 16.7 Å². The van der Waals surface area contributed by atoms with Crippen LogP contribution in [0.1, 0.15) is 5.56 Å². The highest BCUT2D eigenvalue weighted by Crippen LogP contribution is 2.17. The van der Waals surface area contributed by atoms with Crippen LogP contribution in [-0.2, 0) is 0 Å². The Morgan fingerprint density at radius 3 is 3.00 bits per heavy atom. The van der Waals surface area contributed by atoms with E-state index in [-0.39, 0.29) is 0 Å². The average Bonchev–Trinajstić information content (AvgIpc) is 2.75. The summed E-state index contributed by atoms with van der Waals surface area (Å²) in [6.45, 7) is 5.63. The molecule has 1 fully saturated rings. The third kappa shape index (κ3) is 4.67. The maximum Gasteiger partial charge on any atom is 0.137 e. The lowest BCUT2D eigenvalue weighted by atomic mass is 10.2. The number of hydrogen-bond acceptors (Lipinski definition) is 4. The summed E-state index contributed by atoms with van der Waals surface area (Å²) in [7, 11) is 2.10. The highest BCUT2D eigenvalue weighted by molar-refractivity contribution is 8.23. The molecule has 0 saturated carbocycles. The average molecular weight is 296 g/mol. The number of benzene rings is 1. The molecule has 1 aliphatic heterocycles. The number of nitrogens with zero attached hydrogens (tertiary/aromatic N) is 2. The molecule has 0 N–H and O–H groups in total. The van der Waals surface area contributed by atoms with E-state index in [0.29, 0.717) is 6.61 Å². The fourth-order valence-electron chi connectivity index (χ4n) is 1.94. The fraction of sp³-hybridized carbons (Fsp3) is 0.500. The Bertz CT molecular complexity index is 439. The first-order valence-corrected chi connectivity index (χ1v) is 7.84. The van der Waals surface area contributed by atoms with Crippen LogP contribution in [0.2, 0.25) is 0 Å². The summed E-state index contributed by atoms with van der Waals surface area (Å²) in [5.74, 6) is 2.06. The van der Waals surface area contributed by atoms with Crippen molar-refractivity contribution in [3.8, 4) is 5.75 Å². The van der Waals surface area contributed by atoms with Crippen LogP contribution in [0.3, 0.4) is 0 Å². The van der Waals surface area contributed by atoms with E-state index in [2.05, 4.69) is 35.9 Å². The monoisotopic (exact) mass is 296 g/mol. The van der Waals surface area contributed by atoms with Crippen LogP contribution in [0, 0.1) is 6.92 Å². The van der Waals surface area contributed by atoms with Crippen LogP contribution in [-0.4, -0.2) is 53.3 Å². The van der Waals surface area contributed by atoms with Crippen LogP contribution in [0.4, 0.5) is 0 Å². The van der Waals surface area contributed by atoms with E-state index in [1.807, 2.05) is 12.1 Å². The minimum absolute atomic E-state index is 0.702. The Labute approximate surface area is 124 Å². The van der Waals surface area contributed by atoms with Gasteiger partial charge in [-0.3, -0.25) is 4.90 Å². The summed E-state index contributed by atoms with van der Waals surface area (Å²) in [6, 6.07) is 8.16. The molecule has 3 nitrogen and oxygen atoms in total. The second-order valence-electron chi connectivity index (χ2n) is 4.76. The van der Waals surface area contributed by atoms with E-state index >= 15 is 0 Å². The molecular formula is C14H20N2OS2. The topological polar surface area (TPSA) is 15.7 Å². The molecule has 0 amide bonds. The molecular weight excluding hydrogens is 276 g/mol. The minimum atomic E-state index is 0.702. The predicted octanol–water partition coefficient (Wildman–Crippen LogP) is 2.60. The predicted molar refractivity (Wildman–Crippen MR) is 85.9 cm³/mol.